The third-order valence-corrected chi connectivity index (χ3v) is 6.36. The fourth-order valence-corrected chi connectivity index (χ4v) is 4.51. The molecule has 9 nitrogen and oxygen atoms in total. The third kappa shape index (κ3) is 5.85. The van der Waals surface area contributed by atoms with Crippen molar-refractivity contribution in [3.05, 3.63) is 36.0 Å². The lowest BCUT2D eigenvalue weighted by molar-refractivity contribution is -0.0330. The fraction of sp³-hybridized carbons (Fsp3) is 0.409. The molecule has 1 fully saturated rings. The summed E-state index contributed by atoms with van der Waals surface area (Å²) in [4.78, 5) is 24.8. The number of hydrogen-bond acceptors (Lipinski definition) is 7. The Balaban J connectivity index is 1.60. The number of imidazole rings is 2. The van der Waals surface area contributed by atoms with Gasteiger partial charge in [-0.05, 0) is 31.5 Å². The second-order valence-electron chi connectivity index (χ2n) is 8.11. The van der Waals surface area contributed by atoms with E-state index in [2.05, 4.69) is 42.7 Å². The minimum absolute atomic E-state index is 0.00305. The zero-order chi connectivity index (χ0) is 25.9. The van der Waals surface area contributed by atoms with Gasteiger partial charge in [-0.3, -0.25) is 9.20 Å². The van der Waals surface area contributed by atoms with Gasteiger partial charge in [0.1, 0.15) is 22.6 Å². The topological polar surface area (TPSA) is 102 Å². The SMILES string of the molecule is CNC(=O)c1[nH]cnc1NCC#Cc1nc2c(N[C@@H]3CCN(C)C[C@@H]3F)cccn2c1SC(F)(F)F. The smallest absolute Gasteiger partial charge is 0.376 e. The number of likely N-dealkylation sites (tertiary alicyclic amines) is 1. The molecule has 1 saturated heterocycles. The van der Waals surface area contributed by atoms with E-state index >= 15 is 0 Å². The van der Waals surface area contributed by atoms with Crippen LogP contribution in [0.4, 0.5) is 29.1 Å². The van der Waals surface area contributed by atoms with E-state index in [9.17, 15) is 22.4 Å². The van der Waals surface area contributed by atoms with Crippen LogP contribution in [0.3, 0.4) is 0 Å². The van der Waals surface area contributed by atoms with Crippen molar-refractivity contribution in [3.8, 4) is 11.8 Å². The summed E-state index contributed by atoms with van der Waals surface area (Å²) in [5.74, 6) is 5.29. The number of halogens is 4. The van der Waals surface area contributed by atoms with E-state index in [-0.39, 0.29) is 58.6 Å². The average molecular weight is 525 g/mol. The van der Waals surface area contributed by atoms with E-state index in [0.717, 1.165) is 0 Å². The summed E-state index contributed by atoms with van der Waals surface area (Å²) in [6.07, 6.45) is 2.22. The first-order valence-corrected chi connectivity index (χ1v) is 11.8. The van der Waals surface area contributed by atoms with Gasteiger partial charge in [0.15, 0.2) is 11.5 Å². The van der Waals surface area contributed by atoms with Crippen LogP contribution in [0, 0.1) is 11.8 Å². The first kappa shape index (κ1) is 25.6. The van der Waals surface area contributed by atoms with Gasteiger partial charge >= 0.3 is 5.51 Å². The van der Waals surface area contributed by atoms with E-state index in [0.29, 0.717) is 18.7 Å². The van der Waals surface area contributed by atoms with Crippen LogP contribution in [0.5, 0.6) is 0 Å². The van der Waals surface area contributed by atoms with Gasteiger partial charge in [-0.2, -0.15) is 13.2 Å². The molecular formula is C22H24F4N8OS. The number of piperidine rings is 1. The van der Waals surface area contributed by atoms with Crippen LogP contribution < -0.4 is 16.0 Å². The van der Waals surface area contributed by atoms with E-state index in [4.69, 9.17) is 0 Å². The summed E-state index contributed by atoms with van der Waals surface area (Å²) >= 11 is -0.317. The first-order chi connectivity index (χ1) is 17.2. The maximum atomic E-state index is 14.6. The first-order valence-electron chi connectivity index (χ1n) is 11.0. The third-order valence-electron chi connectivity index (χ3n) is 5.55. The maximum Gasteiger partial charge on any atom is 0.447 e. The number of H-pyrrole nitrogens is 1. The van der Waals surface area contributed by atoms with Crippen LogP contribution in [0.1, 0.15) is 22.6 Å². The number of nitrogens with zero attached hydrogens (tertiary/aromatic N) is 4. The Labute approximate surface area is 208 Å². The number of anilines is 2. The minimum Gasteiger partial charge on any atom is -0.376 e. The van der Waals surface area contributed by atoms with Crippen LogP contribution in [-0.2, 0) is 0 Å². The normalized spacial score (nSPS) is 18.5. The predicted octanol–water partition coefficient (Wildman–Crippen LogP) is 2.95. The van der Waals surface area contributed by atoms with Crippen LogP contribution in [-0.4, -0.2) is 81.6 Å². The zero-order valence-electron chi connectivity index (χ0n) is 19.4. The number of thioether (sulfide) groups is 1. The summed E-state index contributed by atoms with van der Waals surface area (Å²) < 4.78 is 55.9. The quantitative estimate of drug-likeness (QED) is 0.223. The van der Waals surface area contributed by atoms with Crippen LogP contribution in [0.2, 0.25) is 0 Å². The number of pyridine rings is 1. The molecule has 0 unspecified atom stereocenters. The van der Waals surface area contributed by atoms with Gasteiger partial charge in [-0.15, -0.1) is 0 Å². The molecule has 192 valence electrons. The van der Waals surface area contributed by atoms with Crippen molar-refractivity contribution in [2.24, 2.45) is 0 Å². The molecule has 0 spiro atoms. The average Bonchev–Trinajstić information content (AvgIpc) is 3.42. The molecule has 0 saturated carbocycles. The van der Waals surface area contributed by atoms with E-state index < -0.39 is 17.7 Å². The highest BCUT2D eigenvalue weighted by Gasteiger charge is 2.33. The zero-order valence-corrected chi connectivity index (χ0v) is 20.2. The van der Waals surface area contributed by atoms with Crippen molar-refractivity contribution in [2.45, 2.75) is 29.2 Å². The highest BCUT2D eigenvalue weighted by molar-refractivity contribution is 8.00. The Morgan fingerprint density at radius 2 is 2.19 bits per heavy atom. The summed E-state index contributed by atoms with van der Waals surface area (Å²) in [5, 5.41) is 8.25. The molecule has 2 atom stereocenters. The summed E-state index contributed by atoms with van der Waals surface area (Å²) in [6.45, 7) is 0.973. The van der Waals surface area contributed by atoms with Gasteiger partial charge in [0.25, 0.3) is 5.91 Å². The van der Waals surface area contributed by atoms with Crippen molar-refractivity contribution in [1.82, 2.24) is 29.6 Å². The van der Waals surface area contributed by atoms with Crippen molar-refractivity contribution >= 4 is 34.8 Å². The molecule has 0 aliphatic carbocycles. The number of aromatic nitrogens is 4. The number of aromatic amines is 1. The summed E-state index contributed by atoms with van der Waals surface area (Å²) in [6, 6.07) is 2.76. The lowest BCUT2D eigenvalue weighted by Crippen LogP contribution is -2.46. The second kappa shape index (κ2) is 10.7. The number of hydrogen-bond donors (Lipinski definition) is 4. The molecule has 3 aromatic heterocycles. The molecule has 4 rings (SSSR count). The Kier molecular flexibility index (Phi) is 7.60. The highest BCUT2D eigenvalue weighted by Crippen LogP contribution is 2.39. The van der Waals surface area contributed by atoms with Crippen molar-refractivity contribution in [3.63, 3.8) is 0 Å². The number of carbonyl (C=O) groups excluding carboxylic acids is 1. The number of amides is 1. The van der Waals surface area contributed by atoms with Crippen molar-refractivity contribution < 1.29 is 22.4 Å². The molecule has 1 aliphatic rings. The van der Waals surface area contributed by atoms with Gasteiger partial charge in [0.05, 0.1) is 24.6 Å². The van der Waals surface area contributed by atoms with Crippen LogP contribution in [0.25, 0.3) is 5.65 Å². The van der Waals surface area contributed by atoms with Gasteiger partial charge in [-0.1, -0.05) is 5.92 Å². The Morgan fingerprint density at radius 3 is 2.92 bits per heavy atom. The monoisotopic (exact) mass is 524 g/mol. The molecule has 0 aromatic carbocycles. The van der Waals surface area contributed by atoms with E-state index in [1.165, 1.54) is 24.0 Å². The fourth-order valence-electron chi connectivity index (χ4n) is 3.85. The number of alkyl halides is 4. The van der Waals surface area contributed by atoms with Gasteiger partial charge in [-0.25, -0.2) is 14.4 Å². The van der Waals surface area contributed by atoms with Gasteiger partial charge < -0.3 is 25.8 Å². The van der Waals surface area contributed by atoms with Crippen LogP contribution >= 0.6 is 11.8 Å². The Bertz CT molecular complexity index is 1290. The number of rotatable bonds is 6. The molecule has 0 bridgehead atoms. The maximum absolute atomic E-state index is 14.6. The molecule has 3 aromatic rings. The molecule has 36 heavy (non-hydrogen) atoms. The molecule has 1 aliphatic heterocycles. The molecule has 4 N–H and O–H groups in total. The standard InChI is InChI=1S/C22H24F4N8OS/c1-27-20(35)17-18(30-12-29-17)28-8-3-5-16-21(36-22(24,25)26)34-9-4-6-15(19(34)32-16)31-14-7-10-33(2)11-13(14)23/h4,6,9,12-14,28,31H,7-8,10-11H2,1-2H3,(H,27,35)(H,29,30)/t13-,14+/m0/s1. The lowest BCUT2D eigenvalue weighted by Gasteiger charge is -2.33. The summed E-state index contributed by atoms with van der Waals surface area (Å²) in [5.41, 5.74) is -3.78. The van der Waals surface area contributed by atoms with Gasteiger partial charge in [0.2, 0.25) is 0 Å². The predicted molar refractivity (Wildman–Crippen MR) is 129 cm³/mol. The largest absolute Gasteiger partial charge is 0.447 e. The van der Waals surface area contributed by atoms with E-state index in [1.54, 1.807) is 12.1 Å². The molecule has 1 amide bonds. The Morgan fingerprint density at radius 1 is 1.39 bits per heavy atom. The van der Waals surface area contributed by atoms with Gasteiger partial charge in [0, 0.05) is 38.1 Å². The minimum atomic E-state index is -4.57. The molecule has 14 heteroatoms. The van der Waals surface area contributed by atoms with E-state index in [1.807, 2.05) is 11.9 Å². The number of fused-ring (bicyclic) bond motifs is 1. The summed E-state index contributed by atoms with van der Waals surface area (Å²) in [7, 11) is 3.31. The number of carbonyl (C=O) groups is 1. The van der Waals surface area contributed by atoms with Crippen molar-refractivity contribution in [1.29, 1.82) is 0 Å². The van der Waals surface area contributed by atoms with Crippen LogP contribution in [0.15, 0.2) is 29.7 Å². The molecule has 4 heterocycles. The molecular weight excluding hydrogens is 500 g/mol. The molecule has 0 radical (unpaired) electrons. The van der Waals surface area contributed by atoms with Crippen molar-refractivity contribution in [2.75, 3.05) is 44.4 Å². The Hall–Kier alpha value is -3.44. The second-order valence-corrected chi connectivity index (χ2v) is 9.16. The highest BCUT2D eigenvalue weighted by atomic mass is 32.2. The number of nitrogens with one attached hydrogen (secondary N) is 4. The lowest BCUT2D eigenvalue weighted by atomic mass is 10.0.